The van der Waals surface area contributed by atoms with Crippen molar-refractivity contribution in [1.29, 1.82) is 0 Å². The van der Waals surface area contributed by atoms with Crippen molar-refractivity contribution < 1.29 is 19.3 Å². The minimum absolute atomic E-state index is 0.0787. The van der Waals surface area contributed by atoms with Crippen LogP contribution in [0, 0.1) is 0 Å². The summed E-state index contributed by atoms with van der Waals surface area (Å²) in [5.41, 5.74) is 5.77. The highest BCUT2D eigenvalue weighted by Gasteiger charge is 2.20. The van der Waals surface area contributed by atoms with Crippen molar-refractivity contribution in [2.24, 2.45) is 5.73 Å². The molecule has 0 rings (SSSR count). The van der Waals surface area contributed by atoms with Gasteiger partial charge >= 0.3 is 0 Å². The zero-order chi connectivity index (χ0) is 11.7. The molecule has 3 unspecified atom stereocenters. The molecule has 0 aliphatic carbocycles. The van der Waals surface area contributed by atoms with Gasteiger partial charge in [-0.05, 0) is 13.8 Å². The van der Waals surface area contributed by atoms with Gasteiger partial charge in [0, 0.05) is 13.7 Å². The van der Waals surface area contributed by atoms with Gasteiger partial charge in [-0.1, -0.05) is 0 Å². The van der Waals surface area contributed by atoms with Crippen molar-refractivity contribution in [2.75, 3.05) is 33.5 Å². The van der Waals surface area contributed by atoms with E-state index in [4.69, 9.17) is 25.1 Å². The predicted octanol–water partition coefficient (Wildman–Crippen LogP) is -0.237. The number of hydrogen-bond acceptors (Lipinski definition) is 5. The normalized spacial score (nSPS) is 17.4. The summed E-state index contributed by atoms with van der Waals surface area (Å²) < 4.78 is 15.6. The smallest absolute Gasteiger partial charge is 0.0983 e. The van der Waals surface area contributed by atoms with Crippen LogP contribution < -0.4 is 5.73 Å². The zero-order valence-electron chi connectivity index (χ0n) is 9.81. The molecule has 5 heteroatoms. The van der Waals surface area contributed by atoms with E-state index in [-0.39, 0.29) is 18.8 Å². The molecule has 0 saturated heterocycles. The van der Waals surface area contributed by atoms with Crippen molar-refractivity contribution >= 4 is 0 Å². The first-order chi connectivity index (χ1) is 7.15. The molecular formula is C10H23NO4. The molecule has 15 heavy (non-hydrogen) atoms. The van der Waals surface area contributed by atoms with Gasteiger partial charge in [-0.25, -0.2) is 0 Å². The highest BCUT2D eigenvalue weighted by atomic mass is 16.5. The van der Waals surface area contributed by atoms with Crippen molar-refractivity contribution in [3.8, 4) is 0 Å². The van der Waals surface area contributed by atoms with Crippen LogP contribution in [0.1, 0.15) is 13.8 Å². The summed E-state index contributed by atoms with van der Waals surface area (Å²) in [7, 11) is 1.57. The summed E-state index contributed by atoms with van der Waals surface area (Å²) in [6, 6.07) is -0.316. The van der Waals surface area contributed by atoms with Crippen molar-refractivity contribution in [1.82, 2.24) is 0 Å². The fraction of sp³-hybridized carbons (Fsp3) is 1.00. The summed E-state index contributed by atoms with van der Waals surface area (Å²) in [6.45, 7) is 5.23. The lowest BCUT2D eigenvalue weighted by atomic mass is 10.2. The van der Waals surface area contributed by atoms with E-state index >= 15 is 0 Å². The van der Waals surface area contributed by atoms with E-state index in [2.05, 4.69) is 0 Å². The summed E-state index contributed by atoms with van der Waals surface area (Å²) in [5, 5.41) is 9.10. The number of methoxy groups -OCH3 is 1. The second-order valence-corrected chi connectivity index (χ2v) is 3.45. The number of nitrogens with two attached hydrogens (primary N) is 1. The van der Waals surface area contributed by atoms with Crippen LogP contribution in [-0.2, 0) is 14.2 Å². The highest BCUT2D eigenvalue weighted by Crippen LogP contribution is 2.03. The van der Waals surface area contributed by atoms with Crippen LogP contribution in [-0.4, -0.2) is 56.9 Å². The van der Waals surface area contributed by atoms with Crippen LogP contribution in [0.2, 0.25) is 0 Å². The van der Waals surface area contributed by atoms with E-state index in [1.165, 1.54) is 0 Å². The topological polar surface area (TPSA) is 73.9 Å². The number of hydrogen-bond donors (Lipinski definition) is 2. The van der Waals surface area contributed by atoms with Gasteiger partial charge in [0.1, 0.15) is 0 Å². The van der Waals surface area contributed by atoms with E-state index in [9.17, 15) is 0 Å². The third-order valence-electron chi connectivity index (χ3n) is 1.98. The van der Waals surface area contributed by atoms with Crippen molar-refractivity contribution in [3.63, 3.8) is 0 Å². The number of aliphatic hydroxyl groups is 1. The van der Waals surface area contributed by atoms with Crippen molar-refractivity contribution in [3.05, 3.63) is 0 Å². The Bertz CT molecular complexity index is 145. The Kier molecular flexibility index (Phi) is 8.94. The molecule has 0 aliphatic rings. The minimum Gasteiger partial charge on any atom is -0.394 e. The third kappa shape index (κ3) is 6.81. The van der Waals surface area contributed by atoms with Gasteiger partial charge in [0.25, 0.3) is 0 Å². The largest absolute Gasteiger partial charge is 0.394 e. The number of rotatable bonds is 9. The quantitative estimate of drug-likeness (QED) is 0.562. The Balaban J connectivity index is 3.85. The summed E-state index contributed by atoms with van der Waals surface area (Å²) in [4.78, 5) is 0. The second kappa shape index (κ2) is 9.06. The molecule has 5 nitrogen and oxygen atoms in total. The van der Waals surface area contributed by atoms with Gasteiger partial charge < -0.3 is 25.1 Å². The standard InChI is InChI=1S/C10H23NO4/c1-4-14-6-8(2)15-10(5-12)9(11)7-13-3/h8-10,12H,4-7,11H2,1-3H3. The Morgan fingerprint density at radius 2 is 2.00 bits per heavy atom. The molecule has 0 radical (unpaired) electrons. The maximum atomic E-state index is 9.10. The molecule has 0 heterocycles. The molecule has 0 amide bonds. The lowest BCUT2D eigenvalue weighted by Crippen LogP contribution is -2.44. The molecule has 0 saturated carbocycles. The zero-order valence-corrected chi connectivity index (χ0v) is 9.81. The Labute approximate surface area is 91.5 Å². The third-order valence-corrected chi connectivity index (χ3v) is 1.98. The molecule has 92 valence electrons. The molecule has 0 aromatic heterocycles. The van der Waals surface area contributed by atoms with Gasteiger partial charge in [-0.3, -0.25) is 0 Å². The van der Waals surface area contributed by atoms with E-state index < -0.39 is 6.10 Å². The molecule has 0 aromatic carbocycles. The van der Waals surface area contributed by atoms with Crippen LogP contribution in [0.5, 0.6) is 0 Å². The number of aliphatic hydroxyl groups excluding tert-OH is 1. The van der Waals surface area contributed by atoms with Gasteiger partial charge in [0.2, 0.25) is 0 Å². The van der Waals surface area contributed by atoms with Crippen LogP contribution in [0.4, 0.5) is 0 Å². The molecular weight excluding hydrogens is 198 g/mol. The first-order valence-electron chi connectivity index (χ1n) is 5.24. The van der Waals surface area contributed by atoms with Gasteiger partial charge in [0.15, 0.2) is 0 Å². The maximum absolute atomic E-state index is 9.10. The van der Waals surface area contributed by atoms with E-state index in [1.54, 1.807) is 7.11 Å². The predicted molar refractivity (Wildman–Crippen MR) is 57.8 cm³/mol. The molecule has 0 aromatic rings. The molecule has 0 spiro atoms. The van der Waals surface area contributed by atoms with Gasteiger partial charge in [-0.2, -0.15) is 0 Å². The van der Waals surface area contributed by atoms with Gasteiger partial charge in [-0.15, -0.1) is 0 Å². The van der Waals surface area contributed by atoms with Crippen LogP contribution in [0.3, 0.4) is 0 Å². The lowest BCUT2D eigenvalue weighted by Gasteiger charge is -2.25. The van der Waals surface area contributed by atoms with E-state index in [0.717, 1.165) is 0 Å². The van der Waals surface area contributed by atoms with Gasteiger partial charge in [0.05, 0.1) is 38.1 Å². The molecule has 3 N–H and O–H groups in total. The van der Waals surface area contributed by atoms with Crippen molar-refractivity contribution in [2.45, 2.75) is 32.1 Å². The Morgan fingerprint density at radius 1 is 1.33 bits per heavy atom. The first kappa shape index (κ1) is 14.8. The van der Waals surface area contributed by atoms with Crippen LogP contribution >= 0.6 is 0 Å². The second-order valence-electron chi connectivity index (χ2n) is 3.45. The lowest BCUT2D eigenvalue weighted by molar-refractivity contribution is -0.0805. The average Bonchev–Trinajstić information content (AvgIpc) is 2.23. The molecule has 0 aliphatic heterocycles. The Morgan fingerprint density at radius 3 is 2.47 bits per heavy atom. The number of ether oxygens (including phenoxy) is 3. The summed E-state index contributed by atoms with van der Waals surface area (Å²) in [6.07, 6.45) is -0.481. The van der Waals surface area contributed by atoms with E-state index in [0.29, 0.717) is 19.8 Å². The molecule has 3 atom stereocenters. The monoisotopic (exact) mass is 221 g/mol. The average molecular weight is 221 g/mol. The van der Waals surface area contributed by atoms with E-state index in [1.807, 2.05) is 13.8 Å². The Hall–Kier alpha value is -0.200. The summed E-state index contributed by atoms with van der Waals surface area (Å²) >= 11 is 0. The maximum Gasteiger partial charge on any atom is 0.0983 e. The molecule has 0 bridgehead atoms. The van der Waals surface area contributed by atoms with Crippen LogP contribution in [0.15, 0.2) is 0 Å². The van der Waals surface area contributed by atoms with Crippen LogP contribution in [0.25, 0.3) is 0 Å². The SMILES string of the molecule is CCOCC(C)OC(CO)C(N)COC. The highest BCUT2D eigenvalue weighted by molar-refractivity contribution is 4.73. The molecule has 0 fully saturated rings. The fourth-order valence-electron chi connectivity index (χ4n) is 1.20. The fourth-order valence-corrected chi connectivity index (χ4v) is 1.20. The first-order valence-corrected chi connectivity index (χ1v) is 5.24. The summed E-state index contributed by atoms with van der Waals surface area (Å²) in [5.74, 6) is 0. The minimum atomic E-state index is -0.402.